The van der Waals surface area contributed by atoms with Crippen LogP contribution in [-0.2, 0) is 0 Å². The average Bonchev–Trinajstić information content (AvgIpc) is 2.80. The van der Waals surface area contributed by atoms with Gasteiger partial charge in [0, 0.05) is 29.7 Å². The lowest BCUT2D eigenvalue weighted by Crippen LogP contribution is -2.38. The highest BCUT2D eigenvalue weighted by atomic mass is 79.9. The topological polar surface area (TPSA) is 49.5 Å². The van der Waals surface area contributed by atoms with Crippen LogP contribution in [0.3, 0.4) is 0 Å². The molecule has 1 aromatic rings. The zero-order chi connectivity index (χ0) is 13.8. The summed E-state index contributed by atoms with van der Waals surface area (Å²) in [5.41, 5.74) is 7.48. The van der Waals surface area contributed by atoms with Crippen molar-refractivity contribution in [1.29, 1.82) is 0 Å². The van der Waals surface area contributed by atoms with Crippen molar-refractivity contribution in [2.75, 3.05) is 19.7 Å². The van der Waals surface area contributed by atoms with E-state index in [1.165, 1.54) is 12.0 Å². The Labute approximate surface area is 123 Å². The van der Waals surface area contributed by atoms with Crippen molar-refractivity contribution in [2.45, 2.75) is 31.8 Å². The van der Waals surface area contributed by atoms with Gasteiger partial charge in [-0.05, 0) is 49.9 Å². The second-order valence-electron chi connectivity index (χ2n) is 5.52. The molecule has 0 radical (unpaired) electrons. The van der Waals surface area contributed by atoms with Gasteiger partial charge in [-0.3, -0.25) is 4.90 Å². The molecular formula is C15H23BrN2O. The number of aliphatic hydroxyl groups excluding tert-OH is 1. The Morgan fingerprint density at radius 3 is 2.68 bits per heavy atom. The number of halogens is 1. The fourth-order valence-electron chi connectivity index (χ4n) is 3.04. The van der Waals surface area contributed by atoms with Crippen molar-refractivity contribution in [3.05, 3.63) is 34.3 Å². The third-order valence-corrected chi connectivity index (χ3v) is 4.49. The smallest absolute Gasteiger partial charge is 0.0496 e. The maximum Gasteiger partial charge on any atom is 0.0496 e. The van der Waals surface area contributed by atoms with Crippen molar-refractivity contribution in [1.82, 2.24) is 4.90 Å². The van der Waals surface area contributed by atoms with Crippen molar-refractivity contribution < 1.29 is 5.11 Å². The number of rotatable bonds is 5. The molecule has 2 rings (SSSR count). The Balaban J connectivity index is 2.11. The summed E-state index contributed by atoms with van der Waals surface area (Å²) >= 11 is 3.47. The lowest BCUT2D eigenvalue weighted by molar-refractivity contribution is 0.201. The third-order valence-electron chi connectivity index (χ3n) is 3.96. The number of aliphatic hydroxyl groups is 1. The first kappa shape index (κ1) is 15.0. The summed E-state index contributed by atoms with van der Waals surface area (Å²) in [6.45, 7) is 4.49. The SMILES string of the molecule is CC(N)C(c1ccc(Br)cc1)N1CCC(CCO)C1. The van der Waals surface area contributed by atoms with Crippen LogP contribution >= 0.6 is 15.9 Å². The molecule has 1 aromatic carbocycles. The van der Waals surface area contributed by atoms with Gasteiger partial charge < -0.3 is 10.8 Å². The molecule has 1 heterocycles. The van der Waals surface area contributed by atoms with E-state index in [1.54, 1.807) is 0 Å². The van der Waals surface area contributed by atoms with Crippen molar-refractivity contribution in [2.24, 2.45) is 11.7 Å². The first-order valence-electron chi connectivity index (χ1n) is 6.97. The Bertz CT molecular complexity index is 394. The van der Waals surface area contributed by atoms with Gasteiger partial charge in [0.2, 0.25) is 0 Å². The van der Waals surface area contributed by atoms with Crippen molar-refractivity contribution >= 4 is 15.9 Å². The molecule has 3 atom stereocenters. The zero-order valence-electron chi connectivity index (χ0n) is 11.4. The first-order chi connectivity index (χ1) is 9.11. The van der Waals surface area contributed by atoms with Gasteiger partial charge in [0.05, 0.1) is 0 Å². The highest BCUT2D eigenvalue weighted by molar-refractivity contribution is 9.10. The summed E-state index contributed by atoms with van der Waals surface area (Å²) in [5, 5.41) is 9.06. The average molecular weight is 327 g/mol. The predicted molar refractivity (Wildman–Crippen MR) is 81.9 cm³/mol. The molecule has 1 fully saturated rings. The Hall–Kier alpha value is -0.420. The van der Waals surface area contributed by atoms with Crippen LogP contribution in [0, 0.1) is 5.92 Å². The summed E-state index contributed by atoms with van der Waals surface area (Å²) in [7, 11) is 0. The van der Waals surface area contributed by atoms with Crippen molar-refractivity contribution in [3.63, 3.8) is 0 Å². The second kappa shape index (κ2) is 6.84. The summed E-state index contributed by atoms with van der Waals surface area (Å²) in [6.07, 6.45) is 2.07. The summed E-state index contributed by atoms with van der Waals surface area (Å²) in [5.74, 6) is 0.613. The number of benzene rings is 1. The molecule has 19 heavy (non-hydrogen) atoms. The van der Waals surface area contributed by atoms with E-state index >= 15 is 0 Å². The van der Waals surface area contributed by atoms with E-state index in [2.05, 4.69) is 52.0 Å². The monoisotopic (exact) mass is 326 g/mol. The number of nitrogens with two attached hydrogens (primary N) is 1. The number of hydrogen-bond acceptors (Lipinski definition) is 3. The normalized spacial score (nSPS) is 23.5. The summed E-state index contributed by atoms with van der Waals surface area (Å²) in [6, 6.07) is 8.83. The lowest BCUT2D eigenvalue weighted by Gasteiger charge is -2.31. The van der Waals surface area contributed by atoms with Crippen molar-refractivity contribution in [3.8, 4) is 0 Å². The van der Waals surface area contributed by atoms with Crippen LogP contribution in [0.1, 0.15) is 31.4 Å². The molecule has 1 saturated heterocycles. The van der Waals surface area contributed by atoms with Crippen LogP contribution in [-0.4, -0.2) is 35.7 Å². The molecule has 0 amide bonds. The Morgan fingerprint density at radius 1 is 1.42 bits per heavy atom. The van der Waals surface area contributed by atoms with Gasteiger partial charge in [0.1, 0.15) is 0 Å². The highest BCUT2D eigenvalue weighted by Gasteiger charge is 2.30. The van der Waals surface area contributed by atoms with Gasteiger partial charge in [-0.25, -0.2) is 0 Å². The van der Waals surface area contributed by atoms with E-state index in [1.807, 2.05) is 0 Å². The molecule has 0 spiro atoms. The zero-order valence-corrected chi connectivity index (χ0v) is 13.0. The molecule has 4 heteroatoms. The largest absolute Gasteiger partial charge is 0.396 e. The van der Waals surface area contributed by atoms with Gasteiger partial charge in [-0.2, -0.15) is 0 Å². The van der Waals surface area contributed by atoms with Crippen LogP contribution in [0.4, 0.5) is 0 Å². The molecule has 0 saturated carbocycles. The van der Waals surface area contributed by atoms with E-state index in [-0.39, 0.29) is 12.1 Å². The molecule has 1 aliphatic rings. The standard InChI is InChI=1S/C15H23BrN2O/c1-11(17)15(13-2-4-14(16)5-3-13)18-8-6-12(10-18)7-9-19/h2-5,11-12,15,19H,6-10,17H2,1H3. The van der Waals surface area contributed by atoms with Crippen LogP contribution in [0.15, 0.2) is 28.7 Å². The number of nitrogens with zero attached hydrogens (tertiary/aromatic N) is 1. The Kier molecular flexibility index (Phi) is 5.39. The van der Waals surface area contributed by atoms with Gasteiger partial charge in [0.25, 0.3) is 0 Å². The van der Waals surface area contributed by atoms with Crippen LogP contribution in [0.2, 0.25) is 0 Å². The fourth-order valence-corrected chi connectivity index (χ4v) is 3.30. The molecule has 3 unspecified atom stereocenters. The highest BCUT2D eigenvalue weighted by Crippen LogP contribution is 2.31. The van der Waals surface area contributed by atoms with E-state index in [9.17, 15) is 0 Å². The molecule has 0 aliphatic carbocycles. The summed E-state index contributed by atoms with van der Waals surface area (Å²) in [4.78, 5) is 2.47. The van der Waals surface area contributed by atoms with Gasteiger partial charge in [-0.1, -0.05) is 28.1 Å². The number of hydrogen-bond donors (Lipinski definition) is 2. The van der Waals surface area contributed by atoms with Crippen LogP contribution < -0.4 is 5.73 Å². The fraction of sp³-hybridized carbons (Fsp3) is 0.600. The first-order valence-corrected chi connectivity index (χ1v) is 7.77. The predicted octanol–water partition coefficient (Wildman–Crippen LogP) is 2.54. The molecular weight excluding hydrogens is 304 g/mol. The Morgan fingerprint density at radius 2 is 2.11 bits per heavy atom. The lowest BCUT2D eigenvalue weighted by atomic mass is 9.99. The minimum absolute atomic E-state index is 0.106. The molecule has 0 bridgehead atoms. The van der Waals surface area contributed by atoms with E-state index in [4.69, 9.17) is 10.8 Å². The molecule has 3 nitrogen and oxygen atoms in total. The van der Waals surface area contributed by atoms with Gasteiger partial charge in [-0.15, -0.1) is 0 Å². The van der Waals surface area contributed by atoms with Crippen LogP contribution in [0.25, 0.3) is 0 Å². The molecule has 106 valence electrons. The minimum Gasteiger partial charge on any atom is -0.396 e. The van der Waals surface area contributed by atoms with Gasteiger partial charge in [0.15, 0.2) is 0 Å². The molecule has 0 aromatic heterocycles. The van der Waals surface area contributed by atoms with E-state index in [0.29, 0.717) is 12.5 Å². The quantitative estimate of drug-likeness (QED) is 0.874. The van der Waals surface area contributed by atoms with Crippen LogP contribution in [0.5, 0.6) is 0 Å². The van der Waals surface area contributed by atoms with E-state index < -0.39 is 0 Å². The third kappa shape index (κ3) is 3.78. The maximum absolute atomic E-state index is 9.06. The summed E-state index contributed by atoms with van der Waals surface area (Å²) < 4.78 is 1.10. The maximum atomic E-state index is 9.06. The van der Waals surface area contributed by atoms with E-state index in [0.717, 1.165) is 24.0 Å². The molecule has 3 N–H and O–H groups in total. The molecule has 1 aliphatic heterocycles. The minimum atomic E-state index is 0.106. The second-order valence-corrected chi connectivity index (χ2v) is 6.43. The van der Waals surface area contributed by atoms with Gasteiger partial charge >= 0.3 is 0 Å². The number of likely N-dealkylation sites (tertiary alicyclic amines) is 1.